The maximum atomic E-state index is 12.9. The van der Waals surface area contributed by atoms with E-state index >= 15 is 0 Å². The summed E-state index contributed by atoms with van der Waals surface area (Å²) in [4.78, 5) is 21.6. The predicted octanol–water partition coefficient (Wildman–Crippen LogP) is 2.66. The maximum absolute atomic E-state index is 12.9. The van der Waals surface area contributed by atoms with E-state index in [0.29, 0.717) is 10.8 Å². The monoisotopic (exact) mass is 344 g/mol. The summed E-state index contributed by atoms with van der Waals surface area (Å²) in [5, 5.41) is 3.46. The summed E-state index contributed by atoms with van der Waals surface area (Å²) >= 11 is 5.85. The molecule has 2 aromatic rings. The van der Waals surface area contributed by atoms with Gasteiger partial charge in [-0.3, -0.25) is 9.69 Å². The Morgan fingerprint density at radius 2 is 1.83 bits per heavy atom. The Kier molecular flexibility index (Phi) is 5.45. The highest BCUT2D eigenvalue weighted by molar-refractivity contribution is 6.30. The summed E-state index contributed by atoms with van der Waals surface area (Å²) in [6, 6.07) is 13.0. The second kappa shape index (κ2) is 7.75. The van der Waals surface area contributed by atoms with Crippen molar-refractivity contribution in [3.63, 3.8) is 0 Å². The Hall–Kier alpha value is -1.95. The van der Waals surface area contributed by atoms with Crippen LogP contribution >= 0.6 is 11.6 Å². The molecular weight excluding hydrogens is 324 g/mol. The number of carbonyl (C=O) groups excluding carboxylic acids is 1. The number of amides is 1. The minimum Gasteiger partial charge on any atom is -0.309 e. The number of hydrogen-bond donors (Lipinski definition) is 1. The molecule has 1 N–H and O–H groups in total. The molecule has 3 rings (SSSR count). The lowest BCUT2D eigenvalue weighted by Crippen LogP contribution is -2.48. The van der Waals surface area contributed by atoms with Gasteiger partial charge < -0.3 is 10.2 Å². The van der Waals surface area contributed by atoms with E-state index in [-0.39, 0.29) is 11.9 Å². The molecule has 1 atom stereocenters. The molecule has 0 bridgehead atoms. The third kappa shape index (κ3) is 4.12. The fourth-order valence-electron chi connectivity index (χ4n) is 2.89. The van der Waals surface area contributed by atoms with Gasteiger partial charge in [0.15, 0.2) is 0 Å². The normalized spacial score (nSPS) is 17.4. The minimum absolute atomic E-state index is 0.0689. The van der Waals surface area contributed by atoms with E-state index in [4.69, 9.17) is 11.6 Å². The Morgan fingerprint density at radius 3 is 2.46 bits per heavy atom. The molecule has 6 heteroatoms. The first-order chi connectivity index (χ1) is 11.6. The van der Waals surface area contributed by atoms with Crippen LogP contribution in [0.4, 0.5) is 5.82 Å². The van der Waals surface area contributed by atoms with E-state index in [2.05, 4.69) is 27.1 Å². The quantitative estimate of drug-likeness (QED) is 0.926. The van der Waals surface area contributed by atoms with Crippen LogP contribution in [0.25, 0.3) is 0 Å². The average molecular weight is 345 g/mol. The first-order valence-electron chi connectivity index (χ1n) is 8.03. The van der Waals surface area contributed by atoms with Gasteiger partial charge in [0.2, 0.25) is 5.91 Å². The van der Waals surface area contributed by atoms with E-state index in [1.165, 1.54) is 6.20 Å². The zero-order valence-electron chi connectivity index (χ0n) is 13.7. The van der Waals surface area contributed by atoms with Crippen molar-refractivity contribution >= 4 is 23.3 Å². The Labute approximate surface area is 147 Å². The second-order valence-electron chi connectivity index (χ2n) is 6.00. The molecule has 126 valence electrons. The molecule has 1 aliphatic heterocycles. The Balaban J connectivity index is 1.81. The summed E-state index contributed by atoms with van der Waals surface area (Å²) in [6.45, 7) is 3.63. The standard InChI is InChI=1S/C18H21ClN4O/c1-22-9-11-23(12-10-22)17(14-5-3-2-4-6-14)18(24)21-16-8-7-15(19)13-20-16/h2-8,13,17H,9-12H2,1H3,(H,20,21,24). The van der Waals surface area contributed by atoms with E-state index < -0.39 is 0 Å². The van der Waals surface area contributed by atoms with Crippen molar-refractivity contribution in [2.45, 2.75) is 6.04 Å². The summed E-state index contributed by atoms with van der Waals surface area (Å²) in [5.41, 5.74) is 0.994. The SMILES string of the molecule is CN1CCN(C(C(=O)Nc2ccc(Cl)cn2)c2ccccc2)CC1. The van der Waals surface area contributed by atoms with Crippen molar-refractivity contribution in [3.8, 4) is 0 Å². The number of piperazine rings is 1. The number of aromatic nitrogens is 1. The molecule has 1 aromatic carbocycles. The fourth-order valence-corrected chi connectivity index (χ4v) is 3.00. The average Bonchev–Trinajstić information content (AvgIpc) is 2.60. The molecule has 0 spiro atoms. The molecular formula is C18H21ClN4O. The molecule has 1 aliphatic rings. The van der Waals surface area contributed by atoms with Crippen molar-refractivity contribution in [1.82, 2.24) is 14.8 Å². The van der Waals surface area contributed by atoms with Crippen LogP contribution in [0.15, 0.2) is 48.7 Å². The third-order valence-electron chi connectivity index (χ3n) is 4.25. The first-order valence-corrected chi connectivity index (χ1v) is 8.41. The van der Waals surface area contributed by atoms with Crippen LogP contribution in [-0.4, -0.2) is 53.9 Å². The number of likely N-dealkylation sites (N-methyl/N-ethyl adjacent to an activating group) is 1. The van der Waals surface area contributed by atoms with Crippen molar-refractivity contribution in [2.75, 3.05) is 38.5 Å². The molecule has 0 aliphatic carbocycles. The topological polar surface area (TPSA) is 48.5 Å². The lowest BCUT2D eigenvalue weighted by Gasteiger charge is -2.37. The third-order valence-corrected chi connectivity index (χ3v) is 4.47. The highest BCUT2D eigenvalue weighted by Crippen LogP contribution is 2.24. The van der Waals surface area contributed by atoms with Crippen molar-refractivity contribution in [3.05, 3.63) is 59.2 Å². The molecule has 1 unspecified atom stereocenters. The molecule has 1 saturated heterocycles. The van der Waals surface area contributed by atoms with Crippen molar-refractivity contribution in [1.29, 1.82) is 0 Å². The number of halogens is 1. The predicted molar refractivity (Wildman–Crippen MR) is 96.1 cm³/mol. The van der Waals surface area contributed by atoms with Gasteiger partial charge in [0.1, 0.15) is 11.9 Å². The molecule has 1 fully saturated rings. The molecule has 2 heterocycles. The van der Waals surface area contributed by atoms with Crippen LogP contribution < -0.4 is 5.32 Å². The van der Waals surface area contributed by atoms with Crippen molar-refractivity contribution < 1.29 is 4.79 Å². The molecule has 0 radical (unpaired) electrons. The van der Waals surface area contributed by atoms with Crippen LogP contribution in [0.5, 0.6) is 0 Å². The van der Waals surface area contributed by atoms with Crippen LogP contribution in [0, 0.1) is 0 Å². The van der Waals surface area contributed by atoms with Gasteiger partial charge in [-0.1, -0.05) is 41.9 Å². The zero-order valence-corrected chi connectivity index (χ0v) is 14.4. The summed E-state index contributed by atoms with van der Waals surface area (Å²) < 4.78 is 0. The van der Waals surface area contributed by atoms with Gasteiger partial charge in [-0.05, 0) is 24.7 Å². The molecule has 5 nitrogen and oxygen atoms in total. The van der Waals surface area contributed by atoms with E-state index in [0.717, 1.165) is 31.7 Å². The maximum Gasteiger partial charge on any atom is 0.247 e. The van der Waals surface area contributed by atoms with Gasteiger partial charge in [-0.15, -0.1) is 0 Å². The molecule has 0 saturated carbocycles. The van der Waals surface area contributed by atoms with Crippen molar-refractivity contribution in [2.24, 2.45) is 0 Å². The highest BCUT2D eigenvalue weighted by atomic mass is 35.5. The molecule has 24 heavy (non-hydrogen) atoms. The van der Waals surface area contributed by atoms with Crippen LogP contribution in [0.2, 0.25) is 5.02 Å². The summed E-state index contributed by atoms with van der Waals surface area (Å²) in [7, 11) is 2.10. The fraction of sp³-hybridized carbons (Fsp3) is 0.333. The van der Waals surface area contributed by atoms with Crippen LogP contribution in [-0.2, 0) is 4.79 Å². The lowest BCUT2D eigenvalue weighted by atomic mass is 10.0. The van der Waals surface area contributed by atoms with Gasteiger partial charge in [-0.25, -0.2) is 4.98 Å². The summed E-state index contributed by atoms with van der Waals surface area (Å²) in [6.07, 6.45) is 1.53. The molecule has 1 amide bonds. The Bertz CT molecular complexity index is 669. The zero-order chi connectivity index (χ0) is 16.9. The second-order valence-corrected chi connectivity index (χ2v) is 6.44. The summed E-state index contributed by atoms with van der Waals surface area (Å²) in [5.74, 6) is 0.444. The highest BCUT2D eigenvalue weighted by Gasteiger charge is 2.29. The largest absolute Gasteiger partial charge is 0.309 e. The smallest absolute Gasteiger partial charge is 0.247 e. The number of hydrogen-bond acceptors (Lipinski definition) is 4. The minimum atomic E-state index is -0.322. The van der Waals surface area contributed by atoms with E-state index in [9.17, 15) is 4.79 Å². The number of pyridine rings is 1. The van der Waals surface area contributed by atoms with E-state index in [1.54, 1.807) is 12.1 Å². The van der Waals surface area contributed by atoms with Gasteiger partial charge in [0.25, 0.3) is 0 Å². The molecule has 1 aromatic heterocycles. The number of anilines is 1. The Morgan fingerprint density at radius 1 is 1.12 bits per heavy atom. The number of nitrogens with zero attached hydrogens (tertiary/aromatic N) is 3. The van der Waals surface area contributed by atoms with Gasteiger partial charge >= 0.3 is 0 Å². The number of carbonyl (C=O) groups is 1. The van der Waals surface area contributed by atoms with Crippen LogP contribution in [0.1, 0.15) is 11.6 Å². The van der Waals surface area contributed by atoms with Gasteiger partial charge in [0.05, 0.1) is 5.02 Å². The number of nitrogens with one attached hydrogen (secondary N) is 1. The lowest BCUT2D eigenvalue weighted by molar-refractivity contribution is -0.122. The number of benzene rings is 1. The first kappa shape index (κ1) is 16.9. The number of rotatable bonds is 4. The van der Waals surface area contributed by atoms with Gasteiger partial charge in [-0.2, -0.15) is 0 Å². The van der Waals surface area contributed by atoms with Crippen LogP contribution in [0.3, 0.4) is 0 Å². The van der Waals surface area contributed by atoms with Gasteiger partial charge in [0, 0.05) is 32.4 Å². The van der Waals surface area contributed by atoms with E-state index in [1.807, 2.05) is 30.3 Å².